The van der Waals surface area contributed by atoms with E-state index in [1.165, 1.54) is 0 Å². The van der Waals surface area contributed by atoms with Crippen LogP contribution in [-0.4, -0.2) is 17.8 Å². The van der Waals surface area contributed by atoms with Gasteiger partial charge in [0.05, 0.1) is 12.5 Å². The standard InChI is InChI=1S/C5H4ClNO3/c6-4(8)5(9)10-3-1-2-7/h1,3H2. The largest absolute Gasteiger partial charge is 0.458 e. The van der Waals surface area contributed by atoms with Crippen molar-refractivity contribution >= 4 is 22.8 Å². The quantitative estimate of drug-likeness (QED) is 0.257. The van der Waals surface area contributed by atoms with E-state index in [1.54, 1.807) is 6.07 Å². The molecule has 54 valence electrons. The average Bonchev–Trinajstić information content (AvgIpc) is 1.88. The molecule has 10 heavy (non-hydrogen) atoms. The summed E-state index contributed by atoms with van der Waals surface area (Å²) in [5.74, 6) is -1.11. The number of ether oxygens (including phenoxy) is 1. The molecule has 0 bridgehead atoms. The summed E-state index contributed by atoms with van der Waals surface area (Å²) in [6, 6.07) is 1.73. The van der Waals surface area contributed by atoms with Gasteiger partial charge in [-0.05, 0) is 11.6 Å². The number of carbonyl (C=O) groups is 2. The third kappa shape index (κ3) is 3.87. The highest BCUT2D eigenvalue weighted by atomic mass is 35.5. The smallest absolute Gasteiger partial charge is 0.391 e. The van der Waals surface area contributed by atoms with Crippen molar-refractivity contribution in [2.75, 3.05) is 6.61 Å². The zero-order valence-corrected chi connectivity index (χ0v) is 5.72. The predicted molar refractivity (Wildman–Crippen MR) is 32.0 cm³/mol. The first-order chi connectivity index (χ1) is 4.68. The van der Waals surface area contributed by atoms with Crippen LogP contribution in [0.1, 0.15) is 6.42 Å². The van der Waals surface area contributed by atoms with Crippen molar-refractivity contribution in [3.63, 3.8) is 0 Å². The minimum Gasteiger partial charge on any atom is -0.458 e. The highest BCUT2D eigenvalue weighted by molar-refractivity contribution is 6.80. The summed E-state index contributed by atoms with van der Waals surface area (Å²) in [6.45, 7) is -0.0895. The number of halogens is 1. The maximum atomic E-state index is 10.2. The molecule has 0 atom stereocenters. The van der Waals surface area contributed by atoms with Gasteiger partial charge in [0.15, 0.2) is 0 Å². The Morgan fingerprint density at radius 3 is 2.60 bits per heavy atom. The van der Waals surface area contributed by atoms with E-state index in [0.717, 1.165) is 0 Å². The zero-order valence-electron chi connectivity index (χ0n) is 4.96. The summed E-state index contributed by atoms with van der Waals surface area (Å²) in [5.41, 5.74) is 0. The summed E-state index contributed by atoms with van der Waals surface area (Å²) in [5, 5.41) is 6.79. The van der Waals surface area contributed by atoms with Crippen LogP contribution in [0.2, 0.25) is 0 Å². The minimum atomic E-state index is -1.17. The number of hydrogen-bond acceptors (Lipinski definition) is 4. The van der Waals surface area contributed by atoms with Gasteiger partial charge >= 0.3 is 11.2 Å². The summed E-state index contributed by atoms with van der Waals surface area (Å²) in [6.07, 6.45) is 0.0654. The molecule has 0 aromatic rings. The van der Waals surface area contributed by atoms with Gasteiger partial charge in [-0.1, -0.05) is 0 Å². The first-order valence-corrected chi connectivity index (χ1v) is 2.80. The molecule has 0 aromatic heterocycles. The van der Waals surface area contributed by atoms with E-state index in [0.29, 0.717) is 0 Å². The maximum Gasteiger partial charge on any atom is 0.391 e. The van der Waals surface area contributed by atoms with Crippen molar-refractivity contribution in [3.05, 3.63) is 0 Å². The molecule has 0 amide bonds. The van der Waals surface area contributed by atoms with Gasteiger partial charge in [0, 0.05) is 0 Å². The Labute approximate surface area is 62.3 Å². The fourth-order valence-corrected chi connectivity index (χ4v) is 0.301. The molecule has 4 nitrogen and oxygen atoms in total. The van der Waals surface area contributed by atoms with Gasteiger partial charge in [-0.3, -0.25) is 4.79 Å². The normalized spacial score (nSPS) is 8.00. The van der Waals surface area contributed by atoms with Gasteiger partial charge in [0.1, 0.15) is 6.61 Å². The molecule has 0 saturated heterocycles. The molecule has 0 N–H and O–H groups in total. The summed E-state index contributed by atoms with van der Waals surface area (Å²) in [4.78, 5) is 20.2. The molecule has 0 aliphatic heterocycles. The number of hydrogen-bond donors (Lipinski definition) is 0. The van der Waals surface area contributed by atoms with Crippen LogP contribution >= 0.6 is 11.6 Å². The molecule has 5 heteroatoms. The van der Waals surface area contributed by atoms with E-state index in [4.69, 9.17) is 16.9 Å². The number of nitriles is 1. The zero-order chi connectivity index (χ0) is 7.98. The van der Waals surface area contributed by atoms with Gasteiger partial charge in [-0.25, -0.2) is 4.79 Å². The van der Waals surface area contributed by atoms with Gasteiger partial charge < -0.3 is 4.74 Å². The number of esters is 1. The Bertz CT molecular complexity index is 184. The Kier molecular flexibility index (Phi) is 4.25. The lowest BCUT2D eigenvalue weighted by Gasteiger charge is -1.94. The lowest BCUT2D eigenvalue weighted by atomic mass is 10.5. The van der Waals surface area contributed by atoms with Gasteiger partial charge in [-0.15, -0.1) is 0 Å². The van der Waals surface area contributed by atoms with Crippen LogP contribution in [0.15, 0.2) is 0 Å². The van der Waals surface area contributed by atoms with Crippen molar-refractivity contribution in [2.45, 2.75) is 6.42 Å². The van der Waals surface area contributed by atoms with Crippen molar-refractivity contribution < 1.29 is 14.3 Å². The molecular weight excluding hydrogens is 158 g/mol. The first-order valence-electron chi connectivity index (χ1n) is 2.42. The van der Waals surface area contributed by atoms with E-state index in [2.05, 4.69) is 4.74 Å². The lowest BCUT2D eigenvalue weighted by molar-refractivity contribution is -0.150. The van der Waals surface area contributed by atoms with Crippen molar-refractivity contribution in [3.8, 4) is 6.07 Å². The van der Waals surface area contributed by atoms with E-state index in [9.17, 15) is 9.59 Å². The molecule has 0 fully saturated rings. The fourth-order valence-electron chi connectivity index (χ4n) is 0.246. The topological polar surface area (TPSA) is 67.2 Å². The molecular formula is C5H4ClNO3. The third-order valence-corrected chi connectivity index (χ3v) is 0.762. The third-order valence-electron chi connectivity index (χ3n) is 0.608. The second kappa shape index (κ2) is 4.77. The molecule has 0 spiro atoms. The Morgan fingerprint density at radius 2 is 2.20 bits per heavy atom. The van der Waals surface area contributed by atoms with Crippen molar-refractivity contribution in [1.82, 2.24) is 0 Å². The SMILES string of the molecule is N#CCCOC(=O)C(=O)Cl. The highest BCUT2D eigenvalue weighted by Gasteiger charge is 2.10. The molecule has 0 radical (unpaired) electrons. The van der Waals surface area contributed by atoms with Gasteiger partial charge in [0.2, 0.25) is 0 Å². The molecule has 0 aliphatic carbocycles. The van der Waals surface area contributed by atoms with E-state index < -0.39 is 11.2 Å². The van der Waals surface area contributed by atoms with Crippen molar-refractivity contribution in [1.29, 1.82) is 5.26 Å². The predicted octanol–water partition coefficient (Wildman–Crippen LogP) is 0.209. The van der Waals surface area contributed by atoms with Crippen LogP contribution in [0, 0.1) is 11.3 Å². The Hall–Kier alpha value is -1.08. The molecule has 0 rings (SSSR count). The summed E-state index contributed by atoms with van der Waals surface area (Å²) in [7, 11) is 0. The van der Waals surface area contributed by atoms with Crippen LogP contribution in [0.25, 0.3) is 0 Å². The monoisotopic (exact) mass is 161 g/mol. The van der Waals surface area contributed by atoms with Crippen LogP contribution in [0.5, 0.6) is 0 Å². The van der Waals surface area contributed by atoms with Crippen molar-refractivity contribution in [2.24, 2.45) is 0 Å². The lowest BCUT2D eigenvalue weighted by Crippen LogP contribution is -2.12. The second-order valence-electron chi connectivity index (χ2n) is 1.32. The molecule has 0 saturated carbocycles. The van der Waals surface area contributed by atoms with E-state index in [1.807, 2.05) is 0 Å². The van der Waals surface area contributed by atoms with Crippen LogP contribution < -0.4 is 0 Å². The fraction of sp³-hybridized carbons (Fsp3) is 0.400. The van der Waals surface area contributed by atoms with Crippen LogP contribution in [-0.2, 0) is 14.3 Å². The summed E-state index contributed by atoms with van der Waals surface area (Å²) < 4.78 is 4.20. The Balaban J connectivity index is 3.43. The van der Waals surface area contributed by atoms with Gasteiger partial charge in [-0.2, -0.15) is 5.26 Å². The molecule has 0 aromatic carbocycles. The molecule has 0 heterocycles. The Morgan fingerprint density at radius 1 is 1.60 bits per heavy atom. The molecule has 0 unspecified atom stereocenters. The number of carbonyl (C=O) groups excluding carboxylic acids is 2. The van der Waals surface area contributed by atoms with Crippen LogP contribution in [0.4, 0.5) is 0 Å². The number of rotatable bonds is 3. The van der Waals surface area contributed by atoms with E-state index >= 15 is 0 Å². The number of nitrogens with zero attached hydrogens (tertiary/aromatic N) is 1. The minimum absolute atomic E-state index is 0.0654. The maximum absolute atomic E-state index is 10.2. The summed E-state index contributed by atoms with van der Waals surface area (Å²) >= 11 is 4.71. The molecule has 0 aliphatic rings. The van der Waals surface area contributed by atoms with Gasteiger partial charge in [0.25, 0.3) is 0 Å². The highest BCUT2D eigenvalue weighted by Crippen LogP contribution is 1.87. The average molecular weight is 162 g/mol. The van der Waals surface area contributed by atoms with Crippen LogP contribution in [0.3, 0.4) is 0 Å². The first kappa shape index (κ1) is 8.92. The second-order valence-corrected chi connectivity index (χ2v) is 1.66. The van der Waals surface area contributed by atoms with E-state index in [-0.39, 0.29) is 13.0 Å².